The van der Waals surface area contributed by atoms with Crippen molar-refractivity contribution in [2.45, 2.75) is 13.8 Å². The first-order valence-electron chi connectivity index (χ1n) is 11.3. The molecule has 0 unspecified atom stereocenters. The van der Waals surface area contributed by atoms with Crippen LogP contribution in [0.1, 0.15) is 22.4 Å². The lowest BCUT2D eigenvalue weighted by atomic mass is 10.1. The molecule has 7 heteroatoms. The summed E-state index contributed by atoms with van der Waals surface area (Å²) in [6.07, 6.45) is 3.66. The molecule has 5 N–H and O–H groups in total. The van der Waals surface area contributed by atoms with E-state index in [1.54, 1.807) is 0 Å². The molecule has 35 heavy (non-hydrogen) atoms. The van der Waals surface area contributed by atoms with Gasteiger partial charge in [-0.2, -0.15) is 0 Å². The lowest BCUT2D eigenvalue weighted by molar-refractivity contribution is -0.110. The Morgan fingerprint density at radius 2 is 1.54 bits per heavy atom. The highest BCUT2D eigenvalue weighted by molar-refractivity contribution is 6.35. The van der Waals surface area contributed by atoms with Gasteiger partial charge in [0.15, 0.2) is 0 Å². The van der Waals surface area contributed by atoms with Crippen molar-refractivity contribution < 1.29 is 9.59 Å². The number of carbonyl (C=O) groups excluding carboxylic acids is 2. The van der Waals surface area contributed by atoms with Gasteiger partial charge in [0.25, 0.3) is 5.91 Å². The molecule has 0 bridgehead atoms. The van der Waals surface area contributed by atoms with Gasteiger partial charge in [-0.3, -0.25) is 4.79 Å². The van der Waals surface area contributed by atoms with Gasteiger partial charge in [-0.1, -0.05) is 18.2 Å². The van der Waals surface area contributed by atoms with E-state index in [0.717, 1.165) is 45.1 Å². The quantitative estimate of drug-likeness (QED) is 0.218. The van der Waals surface area contributed by atoms with Gasteiger partial charge in [0, 0.05) is 40.2 Å². The van der Waals surface area contributed by atoms with Crippen LogP contribution in [-0.4, -0.2) is 16.9 Å². The molecule has 0 saturated carbocycles. The normalized spacial score (nSPS) is 13.3. The second-order valence-corrected chi connectivity index (χ2v) is 8.56. The standard InChI is InChI=1S/C28H25N5O2/c1-17-11-18(2)13-23(12-17)32-28(35)31-21-6-3-5-20(14-21)30-22-8-9-24-25(15-19-7-4-10-29-19)27(34)33-26(24)16-22/h3-16,29-30H,1-2H3,(H,33,34)(H2,31,32,35)/b25-15-. The monoisotopic (exact) mass is 463 g/mol. The number of amides is 3. The van der Waals surface area contributed by atoms with Gasteiger partial charge < -0.3 is 26.3 Å². The highest BCUT2D eigenvalue weighted by atomic mass is 16.2. The molecule has 1 aliphatic heterocycles. The van der Waals surface area contributed by atoms with Crippen molar-refractivity contribution in [2.75, 3.05) is 21.3 Å². The third-order valence-corrected chi connectivity index (χ3v) is 5.61. The van der Waals surface area contributed by atoms with E-state index in [0.29, 0.717) is 11.3 Å². The van der Waals surface area contributed by atoms with E-state index < -0.39 is 0 Å². The molecule has 0 saturated heterocycles. The SMILES string of the molecule is Cc1cc(C)cc(NC(=O)Nc2cccc(Nc3ccc4c(c3)NC(=O)/C4=C\c3ccc[nH]3)c2)c1. The Balaban J connectivity index is 1.28. The number of aromatic nitrogens is 1. The largest absolute Gasteiger partial charge is 0.362 e. The number of hydrogen-bond donors (Lipinski definition) is 5. The zero-order chi connectivity index (χ0) is 24.4. The van der Waals surface area contributed by atoms with Crippen LogP contribution >= 0.6 is 0 Å². The predicted octanol–water partition coefficient (Wildman–Crippen LogP) is 6.51. The third kappa shape index (κ3) is 5.09. The summed E-state index contributed by atoms with van der Waals surface area (Å²) in [5, 5.41) is 12.0. The van der Waals surface area contributed by atoms with Crippen LogP contribution in [0, 0.1) is 13.8 Å². The lowest BCUT2D eigenvalue weighted by Gasteiger charge is -2.12. The average Bonchev–Trinajstić information content (AvgIpc) is 3.41. The smallest absolute Gasteiger partial charge is 0.323 e. The van der Waals surface area contributed by atoms with Crippen LogP contribution in [-0.2, 0) is 4.79 Å². The maximum atomic E-state index is 12.5. The molecule has 1 aliphatic rings. The van der Waals surface area contributed by atoms with Crippen LogP contribution in [0.5, 0.6) is 0 Å². The first kappa shape index (κ1) is 22.0. The Bertz CT molecular complexity index is 1430. The van der Waals surface area contributed by atoms with Gasteiger partial charge in [-0.05, 0) is 85.6 Å². The van der Waals surface area contributed by atoms with E-state index in [9.17, 15) is 9.59 Å². The van der Waals surface area contributed by atoms with Gasteiger partial charge in [0.05, 0.1) is 11.3 Å². The molecular formula is C28H25N5O2. The number of anilines is 5. The molecule has 3 amide bonds. The molecule has 5 rings (SSSR count). The number of hydrogen-bond acceptors (Lipinski definition) is 3. The lowest BCUT2D eigenvalue weighted by Crippen LogP contribution is -2.19. The second kappa shape index (κ2) is 9.23. The number of fused-ring (bicyclic) bond motifs is 1. The first-order chi connectivity index (χ1) is 16.9. The van der Waals surface area contributed by atoms with Crippen molar-refractivity contribution in [1.82, 2.24) is 4.98 Å². The predicted molar refractivity (Wildman–Crippen MR) is 142 cm³/mol. The fraction of sp³-hybridized carbons (Fsp3) is 0.0714. The van der Waals surface area contributed by atoms with Gasteiger partial charge in [-0.15, -0.1) is 0 Å². The first-order valence-corrected chi connectivity index (χ1v) is 11.3. The summed E-state index contributed by atoms with van der Waals surface area (Å²) in [4.78, 5) is 28.1. The number of rotatable bonds is 5. The molecule has 2 heterocycles. The number of benzene rings is 3. The fourth-order valence-electron chi connectivity index (χ4n) is 4.19. The Kier molecular flexibility index (Phi) is 5.81. The summed E-state index contributed by atoms with van der Waals surface area (Å²) in [5.74, 6) is -0.132. The summed E-state index contributed by atoms with van der Waals surface area (Å²) in [6.45, 7) is 3.99. The van der Waals surface area contributed by atoms with E-state index in [1.807, 2.05) is 92.9 Å². The molecule has 0 atom stereocenters. The maximum absolute atomic E-state index is 12.5. The van der Waals surface area contributed by atoms with Gasteiger partial charge in [0.1, 0.15) is 0 Å². The minimum atomic E-state index is -0.311. The van der Waals surface area contributed by atoms with E-state index in [-0.39, 0.29) is 11.9 Å². The Hall–Kier alpha value is -4.78. The van der Waals surface area contributed by atoms with Crippen molar-refractivity contribution in [2.24, 2.45) is 0 Å². The molecule has 7 nitrogen and oxygen atoms in total. The van der Waals surface area contributed by atoms with Crippen molar-refractivity contribution in [3.05, 3.63) is 101 Å². The van der Waals surface area contributed by atoms with E-state index >= 15 is 0 Å². The van der Waals surface area contributed by atoms with Crippen LogP contribution in [0.3, 0.4) is 0 Å². The second-order valence-electron chi connectivity index (χ2n) is 8.56. The van der Waals surface area contributed by atoms with Crippen LogP contribution in [0.2, 0.25) is 0 Å². The fourth-order valence-corrected chi connectivity index (χ4v) is 4.19. The third-order valence-electron chi connectivity index (χ3n) is 5.61. The highest BCUT2D eigenvalue weighted by Gasteiger charge is 2.24. The molecule has 0 spiro atoms. The van der Waals surface area contributed by atoms with Gasteiger partial charge in [0.2, 0.25) is 0 Å². The minimum Gasteiger partial charge on any atom is -0.362 e. The Labute approximate surface area is 203 Å². The molecular weight excluding hydrogens is 438 g/mol. The molecule has 0 radical (unpaired) electrons. The summed E-state index contributed by atoms with van der Waals surface area (Å²) in [6, 6.07) is 22.6. The summed E-state index contributed by atoms with van der Waals surface area (Å²) in [5.41, 5.74) is 8.30. The van der Waals surface area contributed by atoms with Crippen molar-refractivity contribution in [3.8, 4) is 0 Å². The van der Waals surface area contributed by atoms with Crippen LogP contribution in [0.25, 0.3) is 11.6 Å². The van der Waals surface area contributed by atoms with Gasteiger partial charge in [-0.25, -0.2) is 4.79 Å². The molecule has 0 fully saturated rings. The number of H-pyrrole nitrogens is 1. The summed E-state index contributed by atoms with van der Waals surface area (Å²) < 4.78 is 0. The van der Waals surface area contributed by atoms with E-state index in [2.05, 4.69) is 32.3 Å². The summed E-state index contributed by atoms with van der Waals surface area (Å²) >= 11 is 0. The van der Waals surface area contributed by atoms with E-state index in [4.69, 9.17) is 0 Å². The van der Waals surface area contributed by atoms with Crippen LogP contribution < -0.4 is 21.3 Å². The zero-order valence-electron chi connectivity index (χ0n) is 19.4. The Morgan fingerprint density at radius 1 is 0.800 bits per heavy atom. The van der Waals surface area contributed by atoms with Crippen LogP contribution in [0.4, 0.5) is 33.2 Å². The molecule has 0 aliphatic carbocycles. The Morgan fingerprint density at radius 3 is 2.31 bits per heavy atom. The average molecular weight is 464 g/mol. The molecule has 174 valence electrons. The van der Waals surface area contributed by atoms with Crippen molar-refractivity contribution in [3.63, 3.8) is 0 Å². The van der Waals surface area contributed by atoms with Crippen molar-refractivity contribution in [1.29, 1.82) is 0 Å². The number of aromatic amines is 1. The van der Waals surface area contributed by atoms with Crippen molar-refractivity contribution >= 4 is 52.0 Å². The summed E-state index contributed by atoms with van der Waals surface area (Å²) in [7, 11) is 0. The highest BCUT2D eigenvalue weighted by Crippen LogP contribution is 2.35. The number of carbonyl (C=O) groups is 2. The number of aryl methyl sites for hydroxylation is 2. The minimum absolute atomic E-state index is 0.132. The maximum Gasteiger partial charge on any atom is 0.323 e. The van der Waals surface area contributed by atoms with Gasteiger partial charge >= 0.3 is 6.03 Å². The van der Waals surface area contributed by atoms with Crippen LogP contribution in [0.15, 0.2) is 79.0 Å². The molecule has 3 aromatic carbocycles. The van der Waals surface area contributed by atoms with E-state index in [1.165, 1.54) is 0 Å². The number of urea groups is 1. The number of nitrogens with one attached hydrogen (secondary N) is 5. The zero-order valence-corrected chi connectivity index (χ0v) is 19.4. The molecule has 1 aromatic heterocycles. The molecule has 4 aromatic rings. The topological polar surface area (TPSA) is 98.0 Å².